The van der Waals surface area contributed by atoms with E-state index in [4.69, 9.17) is 20.2 Å². The van der Waals surface area contributed by atoms with Gasteiger partial charge in [0.15, 0.2) is 5.82 Å². The Morgan fingerprint density at radius 3 is 1.96 bits per heavy atom. The molecule has 2 heterocycles. The topological polar surface area (TPSA) is 56.5 Å². The summed E-state index contributed by atoms with van der Waals surface area (Å²) in [4.78, 5) is 12.2. The number of benzene rings is 8. The molecule has 10 aromatic rings. The average Bonchev–Trinajstić information content (AvgIpc) is 3.66. The molecule has 2 aromatic heterocycles. The molecular formula is C46H29N5. The summed E-state index contributed by atoms with van der Waals surface area (Å²) in [6.45, 7) is 0. The second kappa shape index (κ2) is 11.9. The molecule has 0 aliphatic heterocycles. The third kappa shape index (κ3) is 5.03. The van der Waals surface area contributed by atoms with Crippen LogP contribution in [0.4, 0.5) is 0 Å². The van der Waals surface area contributed by atoms with Crippen molar-refractivity contribution in [2.75, 3.05) is 0 Å². The lowest BCUT2D eigenvalue weighted by Gasteiger charge is -2.14. The van der Waals surface area contributed by atoms with E-state index in [0.29, 0.717) is 5.82 Å². The van der Waals surface area contributed by atoms with Gasteiger partial charge in [-0.25, -0.2) is 9.97 Å². The fourth-order valence-corrected chi connectivity index (χ4v) is 7.18. The monoisotopic (exact) mass is 651 g/mol. The highest BCUT2D eigenvalue weighted by Gasteiger charge is 2.17. The van der Waals surface area contributed by atoms with Gasteiger partial charge < -0.3 is 0 Å². The fourth-order valence-electron chi connectivity index (χ4n) is 7.18. The van der Waals surface area contributed by atoms with Crippen molar-refractivity contribution in [2.24, 2.45) is 0 Å². The molecular weight excluding hydrogens is 623 g/mol. The van der Waals surface area contributed by atoms with Gasteiger partial charge in [-0.3, -0.25) is 0 Å². The minimum absolute atomic E-state index is 0.690. The molecule has 5 nitrogen and oxygen atoms in total. The van der Waals surface area contributed by atoms with Gasteiger partial charge in [-0.2, -0.15) is 4.80 Å². The van der Waals surface area contributed by atoms with Crippen LogP contribution in [0.2, 0.25) is 0 Å². The molecule has 0 N–H and O–H groups in total. The molecule has 0 radical (unpaired) electrons. The van der Waals surface area contributed by atoms with Gasteiger partial charge in [0.25, 0.3) is 0 Å². The normalized spacial score (nSPS) is 11.5. The molecule has 10 rings (SSSR count). The zero-order valence-electron chi connectivity index (χ0n) is 27.5. The molecule has 0 spiro atoms. The maximum atomic E-state index is 5.31. The zero-order valence-corrected chi connectivity index (χ0v) is 27.5. The predicted octanol–water partition coefficient (Wildman–Crippen LogP) is 11.3. The maximum Gasteiger partial charge on any atom is 0.161 e. The van der Waals surface area contributed by atoms with E-state index < -0.39 is 0 Å². The zero-order chi connectivity index (χ0) is 33.7. The van der Waals surface area contributed by atoms with Crippen LogP contribution in [0.5, 0.6) is 0 Å². The van der Waals surface area contributed by atoms with Crippen LogP contribution in [0, 0.1) is 0 Å². The fraction of sp³-hybridized carbons (Fsp3) is 0. The van der Waals surface area contributed by atoms with Crippen LogP contribution in [0.25, 0.3) is 94.1 Å². The van der Waals surface area contributed by atoms with Crippen molar-refractivity contribution >= 4 is 43.5 Å². The van der Waals surface area contributed by atoms with E-state index in [1.54, 1.807) is 4.80 Å². The van der Waals surface area contributed by atoms with E-state index in [-0.39, 0.29) is 0 Å². The van der Waals surface area contributed by atoms with Crippen molar-refractivity contribution in [3.63, 3.8) is 0 Å². The summed E-state index contributed by atoms with van der Waals surface area (Å²) in [6.07, 6.45) is 0. The third-order valence-corrected chi connectivity index (χ3v) is 9.66. The molecule has 0 fully saturated rings. The summed E-state index contributed by atoms with van der Waals surface area (Å²) >= 11 is 0. The molecule has 0 saturated heterocycles. The molecule has 0 amide bonds. The third-order valence-electron chi connectivity index (χ3n) is 9.66. The highest BCUT2D eigenvalue weighted by molar-refractivity contribution is 6.19. The number of para-hydroxylation sites is 2. The lowest BCUT2D eigenvalue weighted by atomic mass is 9.94. The quantitative estimate of drug-likeness (QED) is 0.174. The Morgan fingerprint density at radius 2 is 1.08 bits per heavy atom. The molecule has 0 saturated carbocycles. The number of rotatable bonds is 5. The van der Waals surface area contributed by atoms with Crippen molar-refractivity contribution < 1.29 is 0 Å². The van der Waals surface area contributed by atoms with E-state index in [2.05, 4.69) is 133 Å². The van der Waals surface area contributed by atoms with Gasteiger partial charge in [-0.15, -0.1) is 10.2 Å². The number of fused-ring (bicyclic) bond motifs is 6. The first-order valence-corrected chi connectivity index (χ1v) is 17.1. The first-order valence-electron chi connectivity index (χ1n) is 17.1. The summed E-state index contributed by atoms with van der Waals surface area (Å²) in [7, 11) is 0. The molecule has 238 valence electrons. The SMILES string of the molecule is c1ccc(-c2cccc(-c3nc(-c4ccccc4-c4ccc5ccc6ccc7nn(-c8ccccc8)nc7c6c5c4)nc4ccccc34)c2)cc1. The van der Waals surface area contributed by atoms with E-state index in [1.807, 2.05) is 42.5 Å². The molecule has 0 bridgehead atoms. The first-order chi connectivity index (χ1) is 25.3. The summed E-state index contributed by atoms with van der Waals surface area (Å²) < 4.78 is 0. The Labute approximate surface area is 294 Å². The maximum absolute atomic E-state index is 5.31. The van der Waals surface area contributed by atoms with Gasteiger partial charge in [0, 0.05) is 21.9 Å². The van der Waals surface area contributed by atoms with Crippen molar-refractivity contribution in [1.82, 2.24) is 25.0 Å². The summed E-state index contributed by atoms with van der Waals surface area (Å²) in [6, 6.07) is 61.1. The van der Waals surface area contributed by atoms with E-state index >= 15 is 0 Å². The average molecular weight is 652 g/mol. The Bertz CT molecular complexity index is 2910. The van der Waals surface area contributed by atoms with Crippen molar-refractivity contribution in [2.45, 2.75) is 0 Å². The molecule has 0 aliphatic rings. The summed E-state index contributed by atoms with van der Waals surface area (Å²) in [5.41, 5.74) is 11.0. The van der Waals surface area contributed by atoms with E-state index in [0.717, 1.165) is 82.7 Å². The van der Waals surface area contributed by atoms with Gasteiger partial charge in [-0.05, 0) is 74.8 Å². The Hall–Kier alpha value is -6.98. The molecule has 5 heteroatoms. The smallest absolute Gasteiger partial charge is 0.161 e. The lowest BCUT2D eigenvalue weighted by molar-refractivity contribution is 0.766. The van der Waals surface area contributed by atoms with Crippen LogP contribution in [-0.2, 0) is 0 Å². The largest absolute Gasteiger partial charge is 0.228 e. The van der Waals surface area contributed by atoms with Crippen LogP contribution in [0.3, 0.4) is 0 Å². The Balaban J connectivity index is 1.15. The van der Waals surface area contributed by atoms with Crippen molar-refractivity contribution in [3.05, 3.63) is 176 Å². The van der Waals surface area contributed by atoms with Gasteiger partial charge in [-0.1, -0.05) is 140 Å². The van der Waals surface area contributed by atoms with Crippen LogP contribution < -0.4 is 0 Å². The summed E-state index contributed by atoms with van der Waals surface area (Å²) in [5, 5.41) is 15.4. The predicted molar refractivity (Wildman–Crippen MR) is 209 cm³/mol. The number of hydrogen-bond donors (Lipinski definition) is 0. The van der Waals surface area contributed by atoms with Crippen molar-refractivity contribution in [1.29, 1.82) is 0 Å². The standard InChI is InChI=1S/C46H29N5/c1-3-12-30(13-4-1)33-14-11-15-35(28-33)44-39-20-9-10-21-41(39)47-46(48-44)38-19-8-7-18-37(38)34-25-23-31-22-24-32-26-27-42-45(43(32)40(31)29-34)50-51(49-42)36-16-5-2-6-17-36/h1-29H. The van der Waals surface area contributed by atoms with Crippen molar-refractivity contribution in [3.8, 4) is 50.6 Å². The van der Waals surface area contributed by atoms with Crippen LogP contribution >= 0.6 is 0 Å². The second-order valence-corrected chi connectivity index (χ2v) is 12.8. The van der Waals surface area contributed by atoms with E-state index in [1.165, 1.54) is 5.56 Å². The highest BCUT2D eigenvalue weighted by Crippen LogP contribution is 2.38. The second-order valence-electron chi connectivity index (χ2n) is 12.8. The van der Waals surface area contributed by atoms with Crippen LogP contribution in [-0.4, -0.2) is 25.0 Å². The summed E-state index contributed by atoms with van der Waals surface area (Å²) in [5.74, 6) is 0.690. The molecule has 0 atom stereocenters. The van der Waals surface area contributed by atoms with Gasteiger partial charge >= 0.3 is 0 Å². The van der Waals surface area contributed by atoms with E-state index in [9.17, 15) is 0 Å². The molecule has 8 aromatic carbocycles. The first kappa shape index (κ1) is 29.0. The van der Waals surface area contributed by atoms with Gasteiger partial charge in [0.05, 0.1) is 16.9 Å². The van der Waals surface area contributed by atoms with Gasteiger partial charge in [0.1, 0.15) is 11.0 Å². The number of hydrogen-bond acceptors (Lipinski definition) is 4. The highest BCUT2D eigenvalue weighted by atomic mass is 15.5. The van der Waals surface area contributed by atoms with Crippen LogP contribution in [0.1, 0.15) is 0 Å². The minimum Gasteiger partial charge on any atom is -0.228 e. The molecule has 0 aliphatic carbocycles. The molecule has 51 heavy (non-hydrogen) atoms. The Kier molecular flexibility index (Phi) is 6.74. The minimum atomic E-state index is 0.690. The number of nitrogens with zero attached hydrogens (tertiary/aromatic N) is 5. The molecule has 0 unspecified atom stereocenters. The van der Waals surface area contributed by atoms with Gasteiger partial charge in [0.2, 0.25) is 0 Å². The lowest BCUT2D eigenvalue weighted by Crippen LogP contribution is -1.97. The van der Waals surface area contributed by atoms with Crippen LogP contribution in [0.15, 0.2) is 176 Å². The number of aromatic nitrogens is 5. The Morgan fingerprint density at radius 1 is 0.392 bits per heavy atom.